The fraction of sp³-hybridized carbons (Fsp3) is 0.636. The van der Waals surface area contributed by atoms with E-state index in [-0.39, 0.29) is 14.9 Å². The van der Waals surface area contributed by atoms with E-state index in [4.69, 9.17) is 0 Å². The van der Waals surface area contributed by atoms with Gasteiger partial charge in [-0.25, -0.2) is 13.1 Å². The molecule has 1 aromatic heterocycles. The zero-order valence-corrected chi connectivity index (χ0v) is 13.3. The third-order valence-corrected chi connectivity index (χ3v) is 5.52. The molecule has 7 nitrogen and oxygen atoms in total. The normalized spacial score (nSPS) is 11.8. The van der Waals surface area contributed by atoms with Crippen LogP contribution < -0.4 is 10.0 Å². The minimum Gasteiger partial charge on any atom is -0.372 e. The molecule has 1 aromatic rings. The third-order valence-electron chi connectivity index (χ3n) is 2.50. The van der Waals surface area contributed by atoms with Crippen molar-refractivity contribution in [1.29, 1.82) is 0 Å². The minimum absolute atomic E-state index is 0.0380. The van der Waals surface area contributed by atoms with E-state index in [0.717, 1.165) is 17.4 Å². The maximum Gasteiger partial charge on any atom is 0.304 e. The summed E-state index contributed by atoms with van der Waals surface area (Å²) in [7, 11) is -3.69. The Morgan fingerprint density at radius 3 is 2.60 bits per heavy atom. The summed E-state index contributed by atoms with van der Waals surface area (Å²) in [4.78, 5) is 10.3. The van der Waals surface area contributed by atoms with Gasteiger partial charge in [-0.3, -0.25) is 10.1 Å². The zero-order chi connectivity index (χ0) is 15.3. The Kier molecular flexibility index (Phi) is 5.90. The van der Waals surface area contributed by atoms with Crippen LogP contribution in [0.5, 0.6) is 0 Å². The van der Waals surface area contributed by atoms with E-state index in [1.54, 1.807) is 6.92 Å². The molecule has 0 unspecified atom stereocenters. The third kappa shape index (κ3) is 4.43. The van der Waals surface area contributed by atoms with Gasteiger partial charge in [-0.05, 0) is 19.3 Å². The molecule has 0 saturated carbocycles. The Morgan fingerprint density at radius 1 is 1.45 bits per heavy atom. The molecule has 0 amide bonds. The first-order valence-electron chi connectivity index (χ1n) is 6.29. The first-order chi connectivity index (χ1) is 9.27. The largest absolute Gasteiger partial charge is 0.372 e. The van der Waals surface area contributed by atoms with E-state index in [9.17, 15) is 18.5 Å². The van der Waals surface area contributed by atoms with Gasteiger partial charge in [0.2, 0.25) is 10.0 Å². The Balaban J connectivity index is 2.95. The highest BCUT2D eigenvalue weighted by Gasteiger charge is 2.25. The molecule has 0 bridgehead atoms. The first-order valence-corrected chi connectivity index (χ1v) is 8.59. The highest BCUT2D eigenvalue weighted by atomic mass is 32.2. The van der Waals surface area contributed by atoms with E-state index < -0.39 is 14.9 Å². The molecule has 0 spiro atoms. The lowest BCUT2D eigenvalue weighted by molar-refractivity contribution is -0.383. The zero-order valence-electron chi connectivity index (χ0n) is 11.7. The Bertz CT molecular complexity index is 566. The molecule has 0 atom stereocenters. The summed E-state index contributed by atoms with van der Waals surface area (Å²) in [5.74, 6) is 0.382. The summed E-state index contributed by atoms with van der Waals surface area (Å²) in [5.41, 5.74) is -0.207. The van der Waals surface area contributed by atoms with Crippen LogP contribution in [0.2, 0.25) is 0 Å². The number of nitrogens with one attached hydrogen (secondary N) is 2. The number of hydrogen-bond acceptors (Lipinski definition) is 6. The van der Waals surface area contributed by atoms with Crippen LogP contribution in [0.3, 0.4) is 0 Å². The van der Waals surface area contributed by atoms with Crippen molar-refractivity contribution in [3.05, 3.63) is 16.2 Å². The van der Waals surface area contributed by atoms with Gasteiger partial charge in [0.1, 0.15) is 4.21 Å². The van der Waals surface area contributed by atoms with Gasteiger partial charge in [-0.1, -0.05) is 25.2 Å². The van der Waals surface area contributed by atoms with Crippen LogP contribution >= 0.6 is 11.3 Å². The molecule has 20 heavy (non-hydrogen) atoms. The van der Waals surface area contributed by atoms with Crippen molar-refractivity contribution < 1.29 is 13.3 Å². The van der Waals surface area contributed by atoms with Gasteiger partial charge >= 0.3 is 5.69 Å². The van der Waals surface area contributed by atoms with Gasteiger partial charge in [-0.15, -0.1) is 0 Å². The van der Waals surface area contributed by atoms with Crippen molar-refractivity contribution in [2.24, 2.45) is 5.92 Å². The number of nitrogens with zero attached hydrogens (tertiary/aromatic N) is 1. The lowest BCUT2D eigenvalue weighted by atomic mass is 10.1. The Hall–Kier alpha value is -1.19. The quantitative estimate of drug-likeness (QED) is 0.565. The van der Waals surface area contributed by atoms with E-state index in [1.165, 1.54) is 0 Å². The summed E-state index contributed by atoms with van der Waals surface area (Å²) in [6.45, 7) is 6.59. The van der Waals surface area contributed by atoms with E-state index in [2.05, 4.69) is 10.0 Å². The number of nitro groups is 1. The van der Waals surface area contributed by atoms with Gasteiger partial charge in [0.25, 0.3) is 0 Å². The fourth-order valence-electron chi connectivity index (χ4n) is 1.47. The predicted molar refractivity (Wildman–Crippen MR) is 79.8 cm³/mol. The first kappa shape index (κ1) is 16.9. The fourth-order valence-corrected chi connectivity index (χ4v) is 3.96. The minimum atomic E-state index is -3.69. The average molecular weight is 321 g/mol. The van der Waals surface area contributed by atoms with Crippen molar-refractivity contribution in [1.82, 2.24) is 4.72 Å². The summed E-state index contributed by atoms with van der Waals surface area (Å²) in [6.07, 6.45) is 0.715. The molecule has 0 fully saturated rings. The number of hydrogen-bond donors (Lipinski definition) is 2. The molecular formula is C11H19N3O4S2. The second-order valence-corrected chi connectivity index (χ2v) is 7.69. The molecule has 0 saturated heterocycles. The van der Waals surface area contributed by atoms with Gasteiger partial charge in [0, 0.05) is 19.2 Å². The van der Waals surface area contributed by atoms with Crippen molar-refractivity contribution in [2.75, 3.05) is 18.4 Å². The van der Waals surface area contributed by atoms with Crippen molar-refractivity contribution in [3.63, 3.8) is 0 Å². The molecule has 0 aromatic carbocycles. The highest BCUT2D eigenvalue weighted by Crippen LogP contribution is 2.36. The average Bonchev–Trinajstić information content (AvgIpc) is 2.73. The van der Waals surface area contributed by atoms with E-state index in [1.807, 2.05) is 13.8 Å². The van der Waals surface area contributed by atoms with Crippen LogP contribution in [0.15, 0.2) is 10.3 Å². The molecule has 0 radical (unpaired) electrons. The molecule has 0 aliphatic carbocycles. The standard InChI is InChI=1S/C11H19N3O4S2/c1-4-12-11-9(14(15)16)7-10(19-11)20(17,18)13-6-5-8(2)3/h7-8,12-13H,4-6H2,1-3H3. The van der Waals surface area contributed by atoms with Crippen LogP contribution in [0.25, 0.3) is 0 Å². The maximum absolute atomic E-state index is 12.1. The summed E-state index contributed by atoms with van der Waals surface area (Å²) in [5, 5.41) is 14.0. The highest BCUT2D eigenvalue weighted by molar-refractivity contribution is 7.91. The monoisotopic (exact) mass is 321 g/mol. The number of anilines is 1. The summed E-state index contributed by atoms with van der Waals surface area (Å²) in [6, 6.07) is 1.10. The maximum atomic E-state index is 12.1. The molecule has 9 heteroatoms. The van der Waals surface area contributed by atoms with Crippen molar-refractivity contribution >= 4 is 32.0 Å². The van der Waals surface area contributed by atoms with Gasteiger partial charge in [-0.2, -0.15) is 0 Å². The summed E-state index contributed by atoms with van der Waals surface area (Å²) < 4.78 is 26.5. The van der Waals surface area contributed by atoms with Crippen molar-refractivity contribution in [2.45, 2.75) is 31.4 Å². The molecule has 0 aliphatic rings. The SMILES string of the molecule is CCNc1sc(S(=O)(=O)NCCC(C)C)cc1[N+](=O)[O-]. The molecular weight excluding hydrogens is 302 g/mol. The van der Waals surface area contributed by atoms with Gasteiger partial charge in [0.15, 0.2) is 5.00 Å². The predicted octanol–water partition coefficient (Wildman–Crippen LogP) is 2.41. The van der Waals surface area contributed by atoms with E-state index >= 15 is 0 Å². The molecule has 0 aliphatic heterocycles. The molecule has 114 valence electrons. The van der Waals surface area contributed by atoms with Crippen molar-refractivity contribution in [3.8, 4) is 0 Å². The van der Waals surface area contributed by atoms with Crippen LogP contribution in [0.1, 0.15) is 27.2 Å². The van der Waals surface area contributed by atoms with Gasteiger partial charge in [0.05, 0.1) is 4.92 Å². The smallest absolute Gasteiger partial charge is 0.304 e. The Labute approximate surface area is 122 Å². The topological polar surface area (TPSA) is 101 Å². The number of thiophene rings is 1. The van der Waals surface area contributed by atoms with Gasteiger partial charge < -0.3 is 5.32 Å². The Morgan fingerprint density at radius 2 is 2.10 bits per heavy atom. The number of sulfonamides is 1. The van der Waals surface area contributed by atoms with Crippen LogP contribution in [0.4, 0.5) is 10.7 Å². The summed E-state index contributed by atoms with van der Waals surface area (Å²) >= 11 is 0.875. The van der Waals surface area contributed by atoms with E-state index in [0.29, 0.717) is 25.4 Å². The van der Waals surface area contributed by atoms with Crippen LogP contribution in [-0.4, -0.2) is 26.4 Å². The molecule has 2 N–H and O–H groups in total. The van der Waals surface area contributed by atoms with Crippen LogP contribution in [-0.2, 0) is 10.0 Å². The number of rotatable bonds is 8. The molecule has 1 rings (SSSR count). The second-order valence-electron chi connectivity index (χ2n) is 4.65. The second kappa shape index (κ2) is 7.00. The lowest BCUT2D eigenvalue weighted by Gasteiger charge is -2.06. The molecule has 1 heterocycles. The van der Waals surface area contributed by atoms with Crippen LogP contribution in [0, 0.1) is 16.0 Å². The lowest BCUT2D eigenvalue weighted by Crippen LogP contribution is -2.24.